The van der Waals surface area contributed by atoms with Crippen molar-refractivity contribution in [1.82, 2.24) is 0 Å². The second kappa shape index (κ2) is 8.19. The van der Waals surface area contributed by atoms with Crippen molar-refractivity contribution in [2.45, 2.75) is 19.4 Å². The zero-order chi connectivity index (χ0) is 18.1. The molecule has 4 heteroatoms. The Labute approximate surface area is 177 Å². The van der Waals surface area contributed by atoms with E-state index in [0.717, 1.165) is 25.6 Å². The number of benzene rings is 3. The largest absolute Gasteiger partial charge is 0.310 e. The molecular formula is C24H24BrN3. The van der Waals surface area contributed by atoms with Gasteiger partial charge in [-0.15, -0.1) is 17.0 Å². The van der Waals surface area contributed by atoms with E-state index in [9.17, 15) is 0 Å². The number of anilines is 2. The van der Waals surface area contributed by atoms with Crippen molar-refractivity contribution in [2.24, 2.45) is 4.99 Å². The maximum Gasteiger partial charge on any atom is 0.206 e. The minimum Gasteiger partial charge on any atom is -0.310 e. The number of aliphatic imine (C=N–C) groups is 1. The molecule has 0 N–H and O–H groups in total. The number of para-hydroxylation sites is 2. The summed E-state index contributed by atoms with van der Waals surface area (Å²) in [6.45, 7) is 2.82. The lowest BCUT2D eigenvalue weighted by molar-refractivity contribution is 0.776. The van der Waals surface area contributed by atoms with Gasteiger partial charge in [-0.2, -0.15) is 0 Å². The third kappa shape index (κ3) is 3.45. The maximum absolute atomic E-state index is 4.91. The summed E-state index contributed by atoms with van der Waals surface area (Å²) in [5.41, 5.74) is 6.38. The predicted octanol–water partition coefficient (Wildman–Crippen LogP) is 5.91. The van der Waals surface area contributed by atoms with E-state index >= 15 is 0 Å². The first-order valence-corrected chi connectivity index (χ1v) is 9.73. The Morgan fingerprint density at radius 2 is 1.39 bits per heavy atom. The van der Waals surface area contributed by atoms with Crippen LogP contribution in [0.3, 0.4) is 0 Å². The Morgan fingerprint density at radius 1 is 0.714 bits per heavy atom. The smallest absolute Gasteiger partial charge is 0.206 e. The topological polar surface area (TPSA) is 18.8 Å². The highest BCUT2D eigenvalue weighted by Crippen LogP contribution is 2.39. The Hall–Kier alpha value is -2.59. The quantitative estimate of drug-likeness (QED) is 0.511. The van der Waals surface area contributed by atoms with Crippen LogP contribution in [0.15, 0.2) is 83.9 Å². The number of nitrogens with zero attached hydrogens (tertiary/aromatic N) is 3. The van der Waals surface area contributed by atoms with Gasteiger partial charge in [-0.25, -0.2) is 0 Å². The number of hydrogen-bond donors (Lipinski definition) is 0. The molecule has 2 heterocycles. The second-order valence-electron chi connectivity index (χ2n) is 7.18. The summed E-state index contributed by atoms with van der Waals surface area (Å²) >= 11 is 0. The van der Waals surface area contributed by atoms with Gasteiger partial charge in [0.1, 0.15) is 0 Å². The molecule has 0 atom stereocenters. The van der Waals surface area contributed by atoms with Crippen molar-refractivity contribution in [3.63, 3.8) is 0 Å². The standard InChI is InChI=1S/C24H23N3.BrH/c1-2-8-20(9-3-1)21-14-12-19(13-15-21)18-27-23-11-5-4-10-22(23)26-17-7-6-16-25-24(26)27;/h1-5,8-15H,6-7,16-18H2;1H. The van der Waals surface area contributed by atoms with Crippen LogP contribution < -0.4 is 9.80 Å². The first-order chi connectivity index (χ1) is 13.4. The van der Waals surface area contributed by atoms with E-state index < -0.39 is 0 Å². The summed E-state index contributed by atoms with van der Waals surface area (Å²) in [7, 11) is 0. The van der Waals surface area contributed by atoms with E-state index in [1.807, 2.05) is 0 Å². The monoisotopic (exact) mass is 433 g/mol. The van der Waals surface area contributed by atoms with Crippen molar-refractivity contribution in [3.8, 4) is 11.1 Å². The normalized spacial score (nSPS) is 15.2. The highest BCUT2D eigenvalue weighted by atomic mass is 79.9. The highest BCUT2D eigenvalue weighted by Gasteiger charge is 2.32. The highest BCUT2D eigenvalue weighted by molar-refractivity contribution is 8.93. The molecule has 3 nitrogen and oxygen atoms in total. The fourth-order valence-corrected chi connectivity index (χ4v) is 4.01. The molecule has 28 heavy (non-hydrogen) atoms. The van der Waals surface area contributed by atoms with Gasteiger partial charge in [-0.1, -0.05) is 66.7 Å². The molecule has 0 spiro atoms. The molecule has 0 bridgehead atoms. The van der Waals surface area contributed by atoms with E-state index in [1.165, 1.54) is 40.9 Å². The zero-order valence-electron chi connectivity index (χ0n) is 15.8. The van der Waals surface area contributed by atoms with Crippen molar-refractivity contribution < 1.29 is 0 Å². The number of rotatable bonds is 3. The fourth-order valence-electron chi connectivity index (χ4n) is 4.01. The van der Waals surface area contributed by atoms with Crippen LogP contribution in [-0.2, 0) is 6.54 Å². The number of hydrogen-bond acceptors (Lipinski definition) is 3. The van der Waals surface area contributed by atoms with Gasteiger partial charge in [-0.05, 0) is 41.7 Å². The summed E-state index contributed by atoms with van der Waals surface area (Å²) in [4.78, 5) is 9.67. The summed E-state index contributed by atoms with van der Waals surface area (Å²) in [6.07, 6.45) is 2.36. The first kappa shape index (κ1) is 18.8. The van der Waals surface area contributed by atoms with Gasteiger partial charge in [-0.3, -0.25) is 4.99 Å². The van der Waals surface area contributed by atoms with E-state index in [4.69, 9.17) is 4.99 Å². The zero-order valence-corrected chi connectivity index (χ0v) is 17.5. The van der Waals surface area contributed by atoms with Gasteiger partial charge in [0, 0.05) is 13.1 Å². The van der Waals surface area contributed by atoms with Crippen molar-refractivity contribution in [2.75, 3.05) is 22.9 Å². The van der Waals surface area contributed by atoms with Gasteiger partial charge in [0.2, 0.25) is 5.96 Å². The predicted molar refractivity (Wildman–Crippen MR) is 124 cm³/mol. The second-order valence-corrected chi connectivity index (χ2v) is 7.18. The van der Waals surface area contributed by atoms with Gasteiger partial charge >= 0.3 is 0 Å². The van der Waals surface area contributed by atoms with E-state index in [1.54, 1.807) is 0 Å². The molecule has 0 aromatic heterocycles. The Bertz CT molecular complexity index is 967. The van der Waals surface area contributed by atoms with Crippen LogP contribution in [0.1, 0.15) is 18.4 Å². The van der Waals surface area contributed by atoms with Crippen LogP contribution in [0, 0.1) is 0 Å². The van der Waals surface area contributed by atoms with Crippen molar-refractivity contribution >= 4 is 34.3 Å². The number of halogens is 1. The van der Waals surface area contributed by atoms with E-state index in [0.29, 0.717) is 0 Å². The lowest BCUT2D eigenvalue weighted by atomic mass is 10.0. The van der Waals surface area contributed by atoms with E-state index in [-0.39, 0.29) is 17.0 Å². The number of fused-ring (bicyclic) bond motifs is 3. The summed E-state index contributed by atoms with van der Waals surface area (Å²) in [5, 5.41) is 0. The molecular weight excluding hydrogens is 410 g/mol. The lowest BCUT2D eigenvalue weighted by Gasteiger charge is -2.22. The Balaban J connectivity index is 0.00000192. The molecule has 5 rings (SSSR count). The van der Waals surface area contributed by atoms with Crippen molar-refractivity contribution in [3.05, 3.63) is 84.4 Å². The molecule has 2 aliphatic heterocycles. The molecule has 3 aromatic rings. The third-order valence-electron chi connectivity index (χ3n) is 5.39. The average molecular weight is 434 g/mol. The van der Waals surface area contributed by atoms with Gasteiger partial charge in [0.15, 0.2) is 0 Å². The minimum atomic E-state index is 0. The molecule has 0 radical (unpaired) electrons. The molecule has 3 aromatic carbocycles. The van der Waals surface area contributed by atoms with E-state index in [2.05, 4.69) is 88.7 Å². The molecule has 142 valence electrons. The van der Waals surface area contributed by atoms with Crippen LogP contribution in [0.2, 0.25) is 0 Å². The SMILES string of the molecule is Br.c1ccc(-c2ccc(CN3C4=NCCCCN4c4ccccc43)cc2)cc1. The van der Waals surface area contributed by atoms with Crippen LogP contribution in [0.4, 0.5) is 11.4 Å². The van der Waals surface area contributed by atoms with Gasteiger partial charge in [0.05, 0.1) is 17.9 Å². The van der Waals surface area contributed by atoms with Crippen LogP contribution >= 0.6 is 17.0 Å². The molecule has 0 saturated heterocycles. The Morgan fingerprint density at radius 3 is 2.18 bits per heavy atom. The van der Waals surface area contributed by atoms with Gasteiger partial charge in [0.25, 0.3) is 0 Å². The maximum atomic E-state index is 4.91. The molecule has 2 aliphatic rings. The molecule has 0 unspecified atom stereocenters. The van der Waals surface area contributed by atoms with Crippen LogP contribution in [0.25, 0.3) is 11.1 Å². The van der Waals surface area contributed by atoms with Crippen LogP contribution in [-0.4, -0.2) is 19.0 Å². The summed E-state index contributed by atoms with van der Waals surface area (Å²) in [6, 6.07) is 28.1. The number of guanidine groups is 1. The first-order valence-electron chi connectivity index (χ1n) is 9.73. The fraction of sp³-hybridized carbons (Fsp3) is 0.208. The Kier molecular flexibility index (Phi) is 5.49. The lowest BCUT2D eigenvalue weighted by Crippen LogP contribution is -2.38. The summed E-state index contributed by atoms with van der Waals surface area (Å²) < 4.78 is 0. The molecule has 0 fully saturated rings. The molecule has 0 saturated carbocycles. The van der Waals surface area contributed by atoms with Gasteiger partial charge < -0.3 is 9.80 Å². The minimum absolute atomic E-state index is 0. The third-order valence-corrected chi connectivity index (χ3v) is 5.39. The average Bonchev–Trinajstić information content (AvgIpc) is 2.88. The molecule has 0 aliphatic carbocycles. The molecule has 0 amide bonds. The summed E-state index contributed by atoms with van der Waals surface area (Å²) in [5.74, 6) is 1.11. The van der Waals surface area contributed by atoms with Crippen LogP contribution in [0.5, 0.6) is 0 Å². The van der Waals surface area contributed by atoms with Crippen molar-refractivity contribution in [1.29, 1.82) is 0 Å².